The number of nitrogens with zero attached hydrogens (tertiary/aromatic N) is 2. The van der Waals surface area contributed by atoms with Crippen LogP contribution in [0.1, 0.15) is 11.1 Å². The van der Waals surface area contributed by atoms with E-state index in [4.69, 9.17) is 9.47 Å². The molecule has 222 valence electrons. The zero-order valence-electron chi connectivity index (χ0n) is 23.8. The smallest absolute Gasteiger partial charge is 0.263 e. The number of carbonyl (C=O) groups is 2. The topological polar surface area (TPSA) is 105 Å². The molecule has 0 spiro atoms. The fourth-order valence-corrected chi connectivity index (χ4v) is 6.21. The summed E-state index contributed by atoms with van der Waals surface area (Å²) in [6.45, 7) is -0.0982. The van der Waals surface area contributed by atoms with Crippen LogP contribution in [0.4, 0.5) is 5.69 Å². The maximum absolute atomic E-state index is 13.9. The number of sulfonamides is 1. The summed E-state index contributed by atoms with van der Waals surface area (Å²) in [7, 11) is -2.55. The van der Waals surface area contributed by atoms with Gasteiger partial charge in [0.2, 0.25) is 15.9 Å². The van der Waals surface area contributed by atoms with E-state index in [2.05, 4.69) is 5.32 Å². The largest absolute Gasteiger partial charge is 0.497 e. The Kier molecular flexibility index (Phi) is 9.38. The minimum absolute atomic E-state index is 0.0507. The zero-order valence-corrected chi connectivity index (χ0v) is 24.6. The monoisotopic (exact) mass is 599 g/mol. The molecule has 0 bridgehead atoms. The molecule has 43 heavy (non-hydrogen) atoms. The van der Waals surface area contributed by atoms with Gasteiger partial charge in [0.1, 0.15) is 11.5 Å². The van der Waals surface area contributed by atoms with Crippen LogP contribution >= 0.6 is 0 Å². The number of benzene rings is 4. The van der Waals surface area contributed by atoms with E-state index in [1.54, 1.807) is 36.4 Å². The number of hydrogen-bond acceptors (Lipinski definition) is 6. The number of rotatable bonds is 11. The lowest BCUT2D eigenvalue weighted by molar-refractivity contribution is -0.128. The molecule has 0 saturated carbocycles. The third kappa shape index (κ3) is 7.22. The molecule has 1 aliphatic heterocycles. The van der Waals surface area contributed by atoms with Gasteiger partial charge in [0.05, 0.1) is 30.8 Å². The SMILES string of the molecule is COc1ccc(S(=O)(=O)N(CCc2ccccc2)CC(=O)N2C[C@@H](C(=O)NCc3ccccc3)Oc3ccccc32)cc1. The highest BCUT2D eigenvalue weighted by Gasteiger charge is 2.36. The van der Waals surface area contributed by atoms with E-state index >= 15 is 0 Å². The minimum atomic E-state index is -4.06. The van der Waals surface area contributed by atoms with Crippen LogP contribution in [0.25, 0.3) is 0 Å². The highest BCUT2D eigenvalue weighted by Crippen LogP contribution is 2.33. The second-order valence-electron chi connectivity index (χ2n) is 10.0. The highest BCUT2D eigenvalue weighted by molar-refractivity contribution is 7.89. The standard InChI is InChI=1S/C33H33N3O6S/c1-41-27-16-18-28(19-17-27)43(39,40)35(21-20-25-10-4-2-5-11-25)24-32(37)36-23-31(42-30-15-9-8-14-29(30)36)33(38)34-22-26-12-6-3-7-13-26/h2-19,31H,20-24H2,1H3,(H,34,38)/t31-/m0/s1. The number of carbonyl (C=O) groups excluding carboxylic acids is 2. The quantitative estimate of drug-likeness (QED) is 0.279. The number of methoxy groups -OCH3 is 1. The maximum Gasteiger partial charge on any atom is 0.263 e. The van der Waals surface area contributed by atoms with Crippen LogP contribution in [0.15, 0.2) is 114 Å². The van der Waals surface area contributed by atoms with Crippen LogP contribution in [0.5, 0.6) is 11.5 Å². The lowest BCUT2D eigenvalue weighted by atomic mass is 10.1. The number of amides is 2. The molecule has 4 aromatic carbocycles. The predicted octanol–water partition coefficient (Wildman–Crippen LogP) is 4.04. The van der Waals surface area contributed by atoms with Crippen molar-refractivity contribution in [1.29, 1.82) is 0 Å². The van der Waals surface area contributed by atoms with Crippen molar-refractivity contribution in [3.8, 4) is 11.5 Å². The van der Waals surface area contributed by atoms with Crippen LogP contribution in [-0.2, 0) is 32.6 Å². The molecule has 0 fully saturated rings. The molecule has 4 aromatic rings. The Balaban J connectivity index is 1.38. The molecule has 1 heterocycles. The van der Waals surface area contributed by atoms with E-state index in [1.165, 1.54) is 28.4 Å². The van der Waals surface area contributed by atoms with Crippen LogP contribution in [0.2, 0.25) is 0 Å². The third-order valence-electron chi connectivity index (χ3n) is 7.18. The molecule has 10 heteroatoms. The van der Waals surface area contributed by atoms with Crippen molar-refractivity contribution in [3.05, 3.63) is 120 Å². The lowest BCUT2D eigenvalue weighted by Gasteiger charge is -2.35. The molecule has 9 nitrogen and oxygen atoms in total. The molecule has 0 saturated heterocycles. The van der Waals surface area contributed by atoms with Gasteiger partial charge in [-0.3, -0.25) is 9.59 Å². The Bertz CT molecular complexity index is 1650. The molecule has 2 amide bonds. The van der Waals surface area contributed by atoms with Crippen molar-refractivity contribution in [2.75, 3.05) is 31.6 Å². The summed E-state index contributed by atoms with van der Waals surface area (Å²) < 4.78 is 40.0. The second kappa shape index (κ2) is 13.5. The Morgan fingerprint density at radius 2 is 1.51 bits per heavy atom. The molecule has 0 aliphatic carbocycles. The van der Waals surface area contributed by atoms with Gasteiger partial charge in [-0.15, -0.1) is 0 Å². The van der Waals surface area contributed by atoms with Gasteiger partial charge in [-0.1, -0.05) is 72.8 Å². The van der Waals surface area contributed by atoms with Crippen LogP contribution in [0.3, 0.4) is 0 Å². The number of anilines is 1. The van der Waals surface area contributed by atoms with Crippen molar-refractivity contribution >= 4 is 27.5 Å². The average molecular weight is 600 g/mol. The fraction of sp³-hybridized carbons (Fsp3) is 0.212. The van der Waals surface area contributed by atoms with Crippen molar-refractivity contribution in [3.63, 3.8) is 0 Å². The third-order valence-corrected chi connectivity index (χ3v) is 9.04. The first-order chi connectivity index (χ1) is 20.8. The number of hydrogen-bond donors (Lipinski definition) is 1. The Labute approximate surface area is 251 Å². The Morgan fingerprint density at radius 3 is 2.19 bits per heavy atom. The Hall–Kier alpha value is -4.67. The van der Waals surface area contributed by atoms with E-state index in [9.17, 15) is 18.0 Å². The molecule has 0 aromatic heterocycles. The van der Waals surface area contributed by atoms with Crippen molar-refractivity contribution in [2.24, 2.45) is 0 Å². The van der Waals surface area contributed by atoms with Gasteiger partial charge >= 0.3 is 0 Å². The molecule has 0 radical (unpaired) electrons. The van der Waals surface area contributed by atoms with Crippen molar-refractivity contribution < 1.29 is 27.5 Å². The van der Waals surface area contributed by atoms with E-state index in [-0.39, 0.29) is 23.9 Å². The lowest BCUT2D eigenvalue weighted by Crippen LogP contribution is -2.53. The van der Waals surface area contributed by atoms with Gasteiger partial charge in [-0.25, -0.2) is 8.42 Å². The van der Waals surface area contributed by atoms with Gasteiger partial charge < -0.3 is 19.7 Å². The van der Waals surface area contributed by atoms with Gasteiger partial charge in [0, 0.05) is 13.1 Å². The van der Waals surface area contributed by atoms with Crippen LogP contribution < -0.4 is 19.7 Å². The fourth-order valence-electron chi connectivity index (χ4n) is 4.82. The van der Waals surface area contributed by atoms with Gasteiger partial charge in [0.25, 0.3) is 5.91 Å². The summed E-state index contributed by atoms with van der Waals surface area (Å²) in [5.41, 5.74) is 2.35. The summed E-state index contributed by atoms with van der Waals surface area (Å²) in [5, 5.41) is 2.87. The highest BCUT2D eigenvalue weighted by atomic mass is 32.2. The number of fused-ring (bicyclic) bond motifs is 1. The van der Waals surface area contributed by atoms with E-state index in [1.807, 2.05) is 60.7 Å². The van der Waals surface area contributed by atoms with E-state index < -0.39 is 28.6 Å². The normalized spacial score (nSPS) is 14.5. The average Bonchev–Trinajstić information content (AvgIpc) is 3.05. The van der Waals surface area contributed by atoms with Crippen molar-refractivity contribution in [2.45, 2.75) is 24.0 Å². The first-order valence-electron chi connectivity index (χ1n) is 13.9. The summed E-state index contributed by atoms with van der Waals surface area (Å²) in [6.07, 6.45) is -0.563. The summed E-state index contributed by atoms with van der Waals surface area (Å²) in [5.74, 6) is 0.0490. The van der Waals surface area contributed by atoms with Crippen molar-refractivity contribution in [1.82, 2.24) is 9.62 Å². The number of nitrogens with one attached hydrogen (secondary N) is 1. The molecule has 5 rings (SSSR count). The minimum Gasteiger partial charge on any atom is -0.497 e. The number of para-hydroxylation sites is 2. The number of ether oxygens (including phenoxy) is 2. The molecular weight excluding hydrogens is 566 g/mol. The Morgan fingerprint density at radius 1 is 0.884 bits per heavy atom. The predicted molar refractivity (Wildman–Crippen MR) is 163 cm³/mol. The second-order valence-corrected chi connectivity index (χ2v) is 12.0. The summed E-state index contributed by atoms with van der Waals surface area (Å²) in [6, 6.07) is 32.0. The maximum atomic E-state index is 13.9. The van der Waals surface area contributed by atoms with E-state index in [0.717, 1.165) is 11.1 Å². The summed E-state index contributed by atoms with van der Waals surface area (Å²) in [4.78, 5) is 28.5. The molecule has 1 atom stereocenters. The van der Waals surface area contributed by atoms with Gasteiger partial charge in [-0.2, -0.15) is 4.31 Å². The molecule has 1 N–H and O–H groups in total. The van der Waals surface area contributed by atoms with Crippen LogP contribution in [0, 0.1) is 0 Å². The summed E-state index contributed by atoms with van der Waals surface area (Å²) >= 11 is 0. The first kappa shape index (κ1) is 29.8. The van der Waals surface area contributed by atoms with Crippen LogP contribution in [-0.4, -0.2) is 57.4 Å². The molecule has 1 aliphatic rings. The first-order valence-corrected chi connectivity index (χ1v) is 15.3. The van der Waals surface area contributed by atoms with Gasteiger partial charge in [-0.05, 0) is 53.9 Å². The van der Waals surface area contributed by atoms with E-state index in [0.29, 0.717) is 30.2 Å². The molecule has 0 unspecified atom stereocenters. The van der Waals surface area contributed by atoms with Gasteiger partial charge in [0.15, 0.2) is 6.10 Å². The molecular formula is C33H33N3O6S. The zero-order chi connectivity index (χ0) is 30.2.